The predicted molar refractivity (Wildman–Crippen MR) is 70.8 cm³/mol. The number of aromatic nitrogens is 1. The Morgan fingerprint density at radius 2 is 2.32 bits per heavy atom. The van der Waals surface area contributed by atoms with E-state index in [-0.39, 0.29) is 11.9 Å². The summed E-state index contributed by atoms with van der Waals surface area (Å²) in [6.45, 7) is 0. The molecule has 6 heteroatoms. The number of H-pyrrole nitrogens is 1. The third kappa shape index (κ3) is 2.68. The molecule has 1 heterocycles. The van der Waals surface area contributed by atoms with Gasteiger partial charge in [0.25, 0.3) is 0 Å². The van der Waals surface area contributed by atoms with Gasteiger partial charge in [-0.05, 0) is 37.0 Å². The van der Waals surface area contributed by atoms with Gasteiger partial charge in [-0.15, -0.1) is 0 Å². The van der Waals surface area contributed by atoms with Crippen LogP contribution < -0.4 is 16.8 Å². The second-order valence-corrected chi connectivity index (χ2v) is 4.98. The number of hydrogen-bond acceptors (Lipinski definition) is 4. The number of carbonyl (C=O) groups is 1. The molecule has 3 rings (SSSR count). The second-order valence-electron chi connectivity index (χ2n) is 4.98. The van der Waals surface area contributed by atoms with Crippen LogP contribution in [0.1, 0.15) is 19.3 Å². The summed E-state index contributed by atoms with van der Waals surface area (Å²) in [6.07, 6.45) is 2.57. The molecule has 1 aliphatic rings. The molecule has 0 radical (unpaired) electrons. The first kappa shape index (κ1) is 12.0. The van der Waals surface area contributed by atoms with E-state index in [0.29, 0.717) is 29.1 Å². The Kier molecular flexibility index (Phi) is 2.87. The van der Waals surface area contributed by atoms with Gasteiger partial charge in [0.2, 0.25) is 5.91 Å². The van der Waals surface area contributed by atoms with Gasteiger partial charge in [0.1, 0.15) is 0 Å². The Morgan fingerprint density at radius 3 is 3.05 bits per heavy atom. The minimum absolute atomic E-state index is 0.0579. The van der Waals surface area contributed by atoms with Crippen LogP contribution in [0, 0.1) is 5.92 Å². The minimum Gasteiger partial charge on any atom is -0.408 e. The molecule has 1 aromatic heterocycles. The number of benzene rings is 1. The number of nitrogens with one attached hydrogen (secondary N) is 2. The summed E-state index contributed by atoms with van der Waals surface area (Å²) in [6, 6.07) is 4.95. The van der Waals surface area contributed by atoms with Crippen molar-refractivity contribution in [2.45, 2.75) is 25.3 Å². The zero-order valence-corrected chi connectivity index (χ0v) is 10.3. The number of carbonyl (C=O) groups excluding carboxylic acids is 1. The number of oxazole rings is 1. The largest absolute Gasteiger partial charge is 0.417 e. The SMILES string of the molecule is NC(CC(=O)Nc1ccc2oc(=O)[nH]c2c1)C1CC1. The summed E-state index contributed by atoms with van der Waals surface area (Å²) in [7, 11) is 0. The molecule has 0 spiro atoms. The lowest BCUT2D eigenvalue weighted by molar-refractivity contribution is -0.116. The minimum atomic E-state index is -0.505. The molecule has 6 nitrogen and oxygen atoms in total. The van der Waals surface area contributed by atoms with E-state index in [1.807, 2.05) is 0 Å². The third-order valence-corrected chi connectivity index (χ3v) is 3.35. The molecule has 1 aliphatic carbocycles. The first-order valence-corrected chi connectivity index (χ1v) is 6.30. The lowest BCUT2D eigenvalue weighted by Gasteiger charge is -2.10. The molecule has 4 N–H and O–H groups in total. The van der Waals surface area contributed by atoms with E-state index in [4.69, 9.17) is 10.2 Å². The summed E-state index contributed by atoms with van der Waals surface area (Å²) >= 11 is 0. The first-order chi connectivity index (χ1) is 9.11. The van der Waals surface area contributed by atoms with Gasteiger partial charge in [-0.2, -0.15) is 0 Å². The van der Waals surface area contributed by atoms with Gasteiger partial charge < -0.3 is 15.5 Å². The number of anilines is 1. The number of rotatable bonds is 4. The highest BCUT2D eigenvalue weighted by atomic mass is 16.4. The van der Waals surface area contributed by atoms with Crippen LogP contribution >= 0.6 is 0 Å². The standard InChI is InChI=1S/C13H15N3O3/c14-9(7-1-2-7)6-12(17)15-8-3-4-11-10(5-8)16-13(18)19-11/h3-5,7,9H,1-2,6,14H2,(H,15,17)(H,16,18). The van der Waals surface area contributed by atoms with Crippen LogP contribution in [0.2, 0.25) is 0 Å². The van der Waals surface area contributed by atoms with Gasteiger partial charge in [0, 0.05) is 18.2 Å². The first-order valence-electron chi connectivity index (χ1n) is 6.30. The molecule has 0 bridgehead atoms. The average molecular weight is 261 g/mol. The van der Waals surface area contributed by atoms with Crippen molar-refractivity contribution in [3.63, 3.8) is 0 Å². The summed E-state index contributed by atoms with van der Waals surface area (Å²) in [5.41, 5.74) is 7.56. The molecule has 1 fully saturated rings. The molecule has 100 valence electrons. The fourth-order valence-corrected chi connectivity index (χ4v) is 2.15. The highest BCUT2D eigenvalue weighted by molar-refractivity contribution is 5.93. The zero-order chi connectivity index (χ0) is 13.4. The van der Waals surface area contributed by atoms with Gasteiger partial charge in [0.05, 0.1) is 5.52 Å². The lowest BCUT2D eigenvalue weighted by atomic mass is 10.1. The molecule has 1 saturated carbocycles. The number of aromatic amines is 1. The van der Waals surface area contributed by atoms with E-state index >= 15 is 0 Å². The average Bonchev–Trinajstić information content (AvgIpc) is 3.11. The number of fused-ring (bicyclic) bond motifs is 1. The monoisotopic (exact) mass is 261 g/mol. The molecular weight excluding hydrogens is 246 g/mol. The van der Waals surface area contributed by atoms with E-state index in [0.717, 1.165) is 12.8 Å². The van der Waals surface area contributed by atoms with Crippen LogP contribution in [-0.4, -0.2) is 16.9 Å². The molecule has 0 aliphatic heterocycles. The molecular formula is C13H15N3O3. The Bertz CT molecular complexity index is 669. The van der Waals surface area contributed by atoms with Crippen LogP contribution in [0.25, 0.3) is 11.1 Å². The van der Waals surface area contributed by atoms with Crippen molar-refractivity contribution < 1.29 is 9.21 Å². The fraction of sp³-hybridized carbons (Fsp3) is 0.385. The van der Waals surface area contributed by atoms with E-state index in [9.17, 15) is 9.59 Å². The highest BCUT2D eigenvalue weighted by Gasteiger charge is 2.29. The Balaban J connectivity index is 1.69. The summed E-state index contributed by atoms with van der Waals surface area (Å²) in [4.78, 5) is 25.4. The topological polar surface area (TPSA) is 101 Å². The van der Waals surface area contributed by atoms with E-state index in [1.165, 1.54) is 0 Å². The third-order valence-electron chi connectivity index (χ3n) is 3.35. The lowest BCUT2D eigenvalue weighted by Crippen LogP contribution is -2.28. The van der Waals surface area contributed by atoms with Gasteiger partial charge in [0.15, 0.2) is 5.58 Å². The molecule has 1 aromatic carbocycles. The van der Waals surface area contributed by atoms with Crippen molar-refractivity contribution in [1.29, 1.82) is 0 Å². The summed E-state index contributed by atoms with van der Waals surface area (Å²) in [5, 5.41) is 2.77. The molecule has 1 unspecified atom stereocenters. The normalized spacial score (nSPS) is 16.5. The predicted octanol–water partition coefficient (Wildman–Crippen LogP) is 1.19. The zero-order valence-electron chi connectivity index (χ0n) is 10.3. The van der Waals surface area contributed by atoms with E-state index in [1.54, 1.807) is 18.2 Å². The fourth-order valence-electron chi connectivity index (χ4n) is 2.15. The molecule has 1 atom stereocenters. The summed E-state index contributed by atoms with van der Waals surface area (Å²) < 4.78 is 4.89. The van der Waals surface area contributed by atoms with Crippen LogP contribution in [0.3, 0.4) is 0 Å². The van der Waals surface area contributed by atoms with Crippen LogP contribution in [0.15, 0.2) is 27.4 Å². The maximum Gasteiger partial charge on any atom is 0.417 e. The summed E-state index contributed by atoms with van der Waals surface area (Å²) in [5.74, 6) is -0.114. The maximum absolute atomic E-state index is 11.8. The van der Waals surface area contributed by atoms with Crippen molar-refractivity contribution in [1.82, 2.24) is 4.98 Å². The van der Waals surface area contributed by atoms with Crippen molar-refractivity contribution in [3.05, 3.63) is 28.7 Å². The Labute approximate surface area is 109 Å². The smallest absolute Gasteiger partial charge is 0.408 e. The van der Waals surface area contributed by atoms with Gasteiger partial charge in [-0.1, -0.05) is 0 Å². The maximum atomic E-state index is 11.8. The number of amides is 1. The van der Waals surface area contributed by atoms with E-state index in [2.05, 4.69) is 10.3 Å². The van der Waals surface area contributed by atoms with Crippen LogP contribution in [0.4, 0.5) is 5.69 Å². The van der Waals surface area contributed by atoms with Gasteiger partial charge in [-0.3, -0.25) is 9.78 Å². The van der Waals surface area contributed by atoms with Crippen molar-refractivity contribution in [3.8, 4) is 0 Å². The molecule has 0 saturated heterocycles. The Morgan fingerprint density at radius 1 is 1.53 bits per heavy atom. The van der Waals surface area contributed by atoms with Crippen molar-refractivity contribution >= 4 is 22.7 Å². The molecule has 2 aromatic rings. The Hall–Kier alpha value is -2.08. The van der Waals surface area contributed by atoms with Gasteiger partial charge in [-0.25, -0.2) is 4.79 Å². The highest BCUT2D eigenvalue weighted by Crippen LogP contribution is 2.32. The second kappa shape index (κ2) is 4.55. The van der Waals surface area contributed by atoms with Crippen LogP contribution in [-0.2, 0) is 4.79 Å². The molecule has 1 amide bonds. The van der Waals surface area contributed by atoms with Crippen LogP contribution in [0.5, 0.6) is 0 Å². The quantitative estimate of drug-likeness (QED) is 0.769. The number of nitrogens with two attached hydrogens (primary N) is 1. The van der Waals surface area contributed by atoms with Crippen molar-refractivity contribution in [2.75, 3.05) is 5.32 Å². The van der Waals surface area contributed by atoms with E-state index < -0.39 is 5.76 Å². The van der Waals surface area contributed by atoms with Gasteiger partial charge >= 0.3 is 5.76 Å². The van der Waals surface area contributed by atoms with Crippen molar-refractivity contribution in [2.24, 2.45) is 11.7 Å². The molecule has 19 heavy (non-hydrogen) atoms. The number of hydrogen-bond donors (Lipinski definition) is 3.